The van der Waals surface area contributed by atoms with Gasteiger partial charge in [-0.2, -0.15) is 5.10 Å². The van der Waals surface area contributed by atoms with Gasteiger partial charge in [-0.1, -0.05) is 48.5 Å². The van der Waals surface area contributed by atoms with Gasteiger partial charge in [-0.3, -0.25) is 5.10 Å². The Morgan fingerprint density at radius 1 is 0.870 bits per heavy atom. The number of nitrogens with zero attached hydrogens (tertiary/aromatic N) is 4. The van der Waals surface area contributed by atoms with E-state index in [0.29, 0.717) is 0 Å². The van der Waals surface area contributed by atoms with E-state index in [4.69, 9.17) is 0 Å². The number of benzene rings is 2. The molecule has 0 atom stereocenters. The molecule has 4 aromatic rings. The van der Waals surface area contributed by atoms with Crippen molar-refractivity contribution in [3.8, 4) is 0 Å². The largest absolute Gasteiger partial charge is 0.321 e. The predicted octanol–water partition coefficient (Wildman–Crippen LogP) is 3.69. The van der Waals surface area contributed by atoms with Crippen LogP contribution in [0.4, 0.5) is 11.5 Å². The van der Waals surface area contributed by atoms with Gasteiger partial charge in [0.15, 0.2) is 5.65 Å². The van der Waals surface area contributed by atoms with Crippen LogP contribution < -0.4 is 4.90 Å². The fourth-order valence-electron chi connectivity index (χ4n) is 2.63. The zero-order chi connectivity index (χ0) is 15.5. The van der Waals surface area contributed by atoms with Crippen LogP contribution in [0.3, 0.4) is 0 Å². The Hall–Kier alpha value is -3.21. The maximum atomic E-state index is 4.51. The molecule has 0 aliphatic heterocycles. The van der Waals surface area contributed by atoms with Crippen molar-refractivity contribution in [2.24, 2.45) is 0 Å². The number of aromatic nitrogens is 4. The van der Waals surface area contributed by atoms with Crippen LogP contribution in [0.5, 0.6) is 0 Å². The van der Waals surface area contributed by atoms with Crippen molar-refractivity contribution in [1.82, 2.24) is 20.2 Å². The molecule has 0 saturated carbocycles. The van der Waals surface area contributed by atoms with Gasteiger partial charge >= 0.3 is 0 Å². The Kier molecular flexibility index (Phi) is 3.44. The molecule has 1 N–H and O–H groups in total. The van der Waals surface area contributed by atoms with Gasteiger partial charge in [0.05, 0.1) is 11.6 Å². The lowest BCUT2D eigenvalue weighted by Gasteiger charge is -2.24. The summed E-state index contributed by atoms with van der Waals surface area (Å²) in [4.78, 5) is 10.9. The SMILES string of the molecule is c1ccc(CN(c2ccccc2)c2ncnc3[nH]ncc23)cc1. The number of hydrogen-bond donors (Lipinski definition) is 1. The molecule has 0 saturated heterocycles. The standard InChI is InChI=1S/C18H15N5/c1-3-7-14(8-4-1)12-23(15-9-5-2-6-10-15)18-16-11-21-22-17(16)19-13-20-18/h1-11,13H,12H2,(H,19,20,21,22). The van der Waals surface area contributed by atoms with E-state index in [1.165, 1.54) is 5.56 Å². The summed E-state index contributed by atoms with van der Waals surface area (Å²) in [7, 11) is 0. The van der Waals surface area contributed by atoms with Crippen LogP contribution in [-0.2, 0) is 6.54 Å². The smallest absolute Gasteiger partial charge is 0.160 e. The molecular weight excluding hydrogens is 286 g/mol. The average molecular weight is 301 g/mol. The monoisotopic (exact) mass is 301 g/mol. The van der Waals surface area contributed by atoms with Crippen molar-refractivity contribution in [3.63, 3.8) is 0 Å². The minimum Gasteiger partial charge on any atom is -0.321 e. The fraction of sp³-hybridized carbons (Fsp3) is 0.0556. The van der Waals surface area contributed by atoms with Crippen molar-refractivity contribution in [2.45, 2.75) is 6.54 Å². The number of anilines is 2. The number of hydrogen-bond acceptors (Lipinski definition) is 4. The molecule has 2 heterocycles. The van der Waals surface area contributed by atoms with Gasteiger partial charge in [0.2, 0.25) is 0 Å². The first-order valence-corrected chi connectivity index (χ1v) is 7.42. The third-order valence-corrected chi connectivity index (χ3v) is 3.73. The van der Waals surface area contributed by atoms with Crippen LogP contribution in [0.2, 0.25) is 0 Å². The zero-order valence-electron chi connectivity index (χ0n) is 12.4. The molecule has 0 unspecified atom stereocenters. The molecule has 23 heavy (non-hydrogen) atoms. The number of nitrogens with one attached hydrogen (secondary N) is 1. The Morgan fingerprint density at radius 3 is 2.39 bits per heavy atom. The number of para-hydroxylation sites is 1. The molecule has 2 aromatic heterocycles. The fourth-order valence-corrected chi connectivity index (χ4v) is 2.63. The minimum absolute atomic E-state index is 0.724. The van der Waals surface area contributed by atoms with Crippen LogP contribution in [-0.4, -0.2) is 20.2 Å². The van der Waals surface area contributed by atoms with E-state index < -0.39 is 0 Å². The lowest BCUT2D eigenvalue weighted by atomic mass is 10.2. The first-order valence-electron chi connectivity index (χ1n) is 7.42. The highest BCUT2D eigenvalue weighted by Crippen LogP contribution is 2.30. The molecule has 0 aliphatic rings. The molecule has 0 radical (unpaired) electrons. The Bertz CT molecular complexity index is 902. The number of aromatic amines is 1. The summed E-state index contributed by atoms with van der Waals surface area (Å²) in [5, 5.41) is 7.90. The molecule has 2 aromatic carbocycles. The molecule has 112 valence electrons. The highest BCUT2D eigenvalue weighted by molar-refractivity contribution is 5.88. The van der Waals surface area contributed by atoms with Crippen molar-refractivity contribution in [2.75, 3.05) is 4.90 Å². The van der Waals surface area contributed by atoms with E-state index in [2.05, 4.69) is 49.3 Å². The van der Waals surface area contributed by atoms with E-state index >= 15 is 0 Å². The molecule has 5 nitrogen and oxygen atoms in total. The van der Waals surface area contributed by atoms with E-state index in [0.717, 1.165) is 29.1 Å². The van der Waals surface area contributed by atoms with Gasteiger partial charge in [0.1, 0.15) is 12.1 Å². The second kappa shape index (κ2) is 5.88. The first kappa shape index (κ1) is 13.5. The van der Waals surface area contributed by atoms with Gasteiger partial charge in [-0.05, 0) is 17.7 Å². The van der Waals surface area contributed by atoms with E-state index in [-0.39, 0.29) is 0 Å². The number of fused-ring (bicyclic) bond motifs is 1. The molecule has 4 rings (SSSR count). The van der Waals surface area contributed by atoms with Crippen LogP contribution in [0.1, 0.15) is 5.56 Å². The quantitative estimate of drug-likeness (QED) is 0.624. The molecule has 0 spiro atoms. The third-order valence-electron chi connectivity index (χ3n) is 3.73. The van der Waals surface area contributed by atoms with Crippen LogP contribution >= 0.6 is 0 Å². The summed E-state index contributed by atoms with van der Waals surface area (Å²) in [6.45, 7) is 0.724. The number of rotatable bonds is 4. The highest BCUT2D eigenvalue weighted by atomic mass is 15.2. The van der Waals surface area contributed by atoms with Gasteiger partial charge in [0, 0.05) is 12.2 Å². The Balaban J connectivity index is 1.84. The maximum Gasteiger partial charge on any atom is 0.160 e. The molecule has 0 bridgehead atoms. The summed E-state index contributed by atoms with van der Waals surface area (Å²) in [6.07, 6.45) is 3.34. The normalized spacial score (nSPS) is 10.8. The summed E-state index contributed by atoms with van der Waals surface area (Å²) in [6, 6.07) is 20.6. The average Bonchev–Trinajstić information content (AvgIpc) is 3.10. The van der Waals surface area contributed by atoms with Crippen LogP contribution in [0.15, 0.2) is 73.2 Å². The van der Waals surface area contributed by atoms with Gasteiger partial charge < -0.3 is 4.90 Å². The minimum atomic E-state index is 0.724. The highest BCUT2D eigenvalue weighted by Gasteiger charge is 2.15. The van der Waals surface area contributed by atoms with Crippen LogP contribution in [0, 0.1) is 0 Å². The zero-order valence-corrected chi connectivity index (χ0v) is 12.4. The van der Waals surface area contributed by atoms with Gasteiger partial charge in [-0.15, -0.1) is 0 Å². The first-order chi connectivity index (χ1) is 11.4. The van der Waals surface area contributed by atoms with Gasteiger partial charge in [-0.25, -0.2) is 9.97 Å². The Morgan fingerprint density at radius 2 is 1.61 bits per heavy atom. The van der Waals surface area contributed by atoms with E-state index in [1.54, 1.807) is 12.5 Å². The predicted molar refractivity (Wildman–Crippen MR) is 90.4 cm³/mol. The second-order valence-corrected chi connectivity index (χ2v) is 5.24. The Labute approximate surface area is 133 Å². The summed E-state index contributed by atoms with van der Waals surface area (Å²) in [5.41, 5.74) is 3.04. The molecule has 0 fully saturated rings. The molecular formula is C18H15N5. The van der Waals surface area contributed by atoms with Crippen molar-refractivity contribution in [3.05, 3.63) is 78.8 Å². The third kappa shape index (κ3) is 2.64. The maximum absolute atomic E-state index is 4.51. The molecule has 0 amide bonds. The lowest BCUT2D eigenvalue weighted by Crippen LogP contribution is -2.18. The van der Waals surface area contributed by atoms with Crippen molar-refractivity contribution in [1.29, 1.82) is 0 Å². The summed E-state index contributed by atoms with van der Waals surface area (Å²) < 4.78 is 0. The summed E-state index contributed by atoms with van der Waals surface area (Å²) in [5.74, 6) is 0.846. The van der Waals surface area contributed by atoms with Crippen molar-refractivity contribution < 1.29 is 0 Å². The van der Waals surface area contributed by atoms with Gasteiger partial charge in [0.25, 0.3) is 0 Å². The lowest BCUT2D eigenvalue weighted by molar-refractivity contribution is 0.948. The van der Waals surface area contributed by atoms with Crippen molar-refractivity contribution >= 4 is 22.5 Å². The van der Waals surface area contributed by atoms with E-state index in [9.17, 15) is 0 Å². The summed E-state index contributed by atoms with van der Waals surface area (Å²) >= 11 is 0. The topological polar surface area (TPSA) is 57.7 Å². The van der Waals surface area contributed by atoms with Crippen LogP contribution in [0.25, 0.3) is 11.0 Å². The number of H-pyrrole nitrogens is 1. The molecule has 5 heteroatoms. The molecule has 0 aliphatic carbocycles. The van der Waals surface area contributed by atoms with E-state index in [1.807, 2.05) is 36.4 Å². The second-order valence-electron chi connectivity index (χ2n) is 5.24.